The molecule has 2 N–H and O–H groups in total. The maximum atomic E-state index is 4.45. The Morgan fingerprint density at radius 3 is 2.67 bits per heavy atom. The second kappa shape index (κ2) is 9.22. The molecule has 3 rings (SSSR count). The lowest BCUT2D eigenvalue weighted by atomic mass is 9.88. The second-order valence-electron chi connectivity index (χ2n) is 8.01. The third kappa shape index (κ3) is 5.12. The van der Waals surface area contributed by atoms with E-state index in [2.05, 4.69) is 76.4 Å². The molecule has 0 aromatic carbocycles. The fourth-order valence-electron chi connectivity index (χ4n) is 3.89. The third-order valence-corrected chi connectivity index (χ3v) is 7.66. The van der Waals surface area contributed by atoms with E-state index in [1.54, 1.807) is 0 Å². The lowest BCUT2D eigenvalue weighted by Gasteiger charge is -2.39. The van der Waals surface area contributed by atoms with Gasteiger partial charge in [-0.05, 0) is 55.2 Å². The van der Waals surface area contributed by atoms with Gasteiger partial charge in [-0.2, -0.15) is 0 Å². The van der Waals surface area contributed by atoms with Crippen LogP contribution in [0.25, 0.3) is 0 Å². The predicted molar refractivity (Wildman–Crippen MR) is 119 cm³/mol. The highest BCUT2D eigenvalue weighted by Crippen LogP contribution is 2.36. The topological polar surface area (TPSA) is 39.7 Å². The Kier molecular flexibility index (Phi) is 6.95. The minimum atomic E-state index is 0.0936. The van der Waals surface area contributed by atoms with Gasteiger partial charge in [0, 0.05) is 41.3 Å². The first-order chi connectivity index (χ1) is 13.0. The largest absolute Gasteiger partial charge is 0.356 e. The summed E-state index contributed by atoms with van der Waals surface area (Å²) in [7, 11) is 4.12. The van der Waals surface area contributed by atoms with Crippen LogP contribution in [0.15, 0.2) is 40.0 Å². The lowest BCUT2D eigenvalue weighted by molar-refractivity contribution is 0.125. The molecule has 0 bridgehead atoms. The monoisotopic (exact) mass is 404 g/mol. The number of thiophene rings is 2. The highest BCUT2D eigenvalue weighted by atomic mass is 32.1. The van der Waals surface area contributed by atoms with Crippen molar-refractivity contribution in [1.82, 2.24) is 15.5 Å². The fraction of sp³-hybridized carbons (Fsp3) is 0.571. The molecule has 3 heterocycles. The first kappa shape index (κ1) is 20.4. The SMILES string of the molecule is CN=C(NCC1CCCN(C)C1c1cccs1)NCC(C)(C)c1cccs1. The Bertz CT molecular complexity index is 707. The molecular weight excluding hydrogens is 372 g/mol. The molecule has 0 saturated carbocycles. The zero-order valence-corrected chi connectivity index (χ0v) is 18.5. The fourth-order valence-corrected chi connectivity index (χ4v) is 5.72. The molecule has 0 radical (unpaired) electrons. The molecule has 4 nitrogen and oxygen atoms in total. The Hall–Kier alpha value is -1.37. The van der Waals surface area contributed by atoms with E-state index in [1.165, 1.54) is 29.1 Å². The van der Waals surface area contributed by atoms with Crippen molar-refractivity contribution in [2.45, 2.75) is 38.1 Å². The minimum Gasteiger partial charge on any atom is -0.356 e. The Morgan fingerprint density at radius 2 is 2.00 bits per heavy atom. The second-order valence-corrected chi connectivity index (χ2v) is 9.94. The highest BCUT2D eigenvalue weighted by Gasteiger charge is 2.31. The average Bonchev–Trinajstić information content (AvgIpc) is 3.36. The standard InChI is InChI=1S/C21H32N4S2/c1-21(2,18-10-7-13-27-18)15-24-20(22-3)23-14-16-8-5-11-25(4)19(16)17-9-6-12-26-17/h6-7,9-10,12-13,16,19H,5,8,11,14-15H2,1-4H3,(H2,22,23,24). The van der Waals surface area contributed by atoms with Gasteiger partial charge in [-0.25, -0.2) is 0 Å². The van der Waals surface area contributed by atoms with Crippen molar-refractivity contribution in [1.29, 1.82) is 0 Å². The summed E-state index contributed by atoms with van der Waals surface area (Å²) in [6, 6.07) is 9.29. The summed E-state index contributed by atoms with van der Waals surface area (Å²) in [6.45, 7) is 7.56. The van der Waals surface area contributed by atoms with Gasteiger partial charge in [-0.15, -0.1) is 22.7 Å². The summed E-state index contributed by atoms with van der Waals surface area (Å²) in [5.74, 6) is 1.50. The third-order valence-electron chi connectivity index (χ3n) is 5.48. The number of hydrogen-bond donors (Lipinski definition) is 2. The van der Waals surface area contributed by atoms with Crippen LogP contribution in [0.3, 0.4) is 0 Å². The van der Waals surface area contributed by atoms with Crippen molar-refractivity contribution >= 4 is 28.6 Å². The summed E-state index contributed by atoms with van der Waals surface area (Å²) >= 11 is 3.69. The molecule has 2 aromatic heterocycles. The van der Waals surface area contributed by atoms with Gasteiger partial charge in [0.05, 0.1) is 0 Å². The molecule has 2 unspecified atom stereocenters. The number of rotatable bonds is 6. The summed E-state index contributed by atoms with van der Waals surface area (Å²) in [4.78, 5) is 9.84. The molecule has 1 fully saturated rings. The highest BCUT2D eigenvalue weighted by molar-refractivity contribution is 7.10. The van der Waals surface area contributed by atoms with Gasteiger partial charge in [0.25, 0.3) is 0 Å². The van der Waals surface area contributed by atoms with E-state index >= 15 is 0 Å². The van der Waals surface area contributed by atoms with E-state index in [4.69, 9.17) is 0 Å². The Balaban J connectivity index is 1.57. The molecule has 1 aliphatic heterocycles. The van der Waals surface area contributed by atoms with Gasteiger partial charge in [0.15, 0.2) is 5.96 Å². The minimum absolute atomic E-state index is 0.0936. The molecule has 27 heavy (non-hydrogen) atoms. The van der Waals surface area contributed by atoms with Crippen LogP contribution < -0.4 is 10.6 Å². The molecular formula is C21H32N4S2. The zero-order chi connectivity index (χ0) is 19.3. The molecule has 0 amide bonds. The summed E-state index contributed by atoms with van der Waals surface area (Å²) in [6.07, 6.45) is 2.53. The van der Waals surface area contributed by atoms with Gasteiger partial charge in [-0.1, -0.05) is 26.0 Å². The summed E-state index contributed by atoms with van der Waals surface area (Å²) < 4.78 is 0. The van der Waals surface area contributed by atoms with Crippen molar-refractivity contribution < 1.29 is 0 Å². The zero-order valence-electron chi connectivity index (χ0n) is 16.9. The number of likely N-dealkylation sites (tertiary alicyclic amines) is 1. The number of aliphatic imine (C=N–C) groups is 1. The quantitative estimate of drug-likeness (QED) is 0.556. The van der Waals surface area contributed by atoms with Crippen LogP contribution in [-0.2, 0) is 5.41 Å². The van der Waals surface area contributed by atoms with Gasteiger partial charge < -0.3 is 10.6 Å². The molecule has 1 saturated heterocycles. The van der Waals surface area contributed by atoms with Crippen LogP contribution in [0, 0.1) is 5.92 Å². The van der Waals surface area contributed by atoms with Crippen LogP contribution in [-0.4, -0.2) is 44.6 Å². The number of guanidine groups is 1. The molecule has 2 atom stereocenters. The van der Waals surface area contributed by atoms with E-state index in [0.717, 1.165) is 19.0 Å². The summed E-state index contributed by atoms with van der Waals surface area (Å²) in [5, 5.41) is 11.5. The smallest absolute Gasteiger partial charge is 0.191 e. The van der Waals surface area contributed by atoms with Crippen LogP contribution >= 0.6 is 22.7 Å². The van der Waals surface area contributed by atoms with Crippen molar-refractivity contribution in [3.05, 3.63) is 44.8 Å². The molecule has 1 aliphatic rings. The van der Waals surface area contributed by atoms with E-state index in [1.807, 2.05) is 29.7 Å². The molecule has 0 aliphatic carbocycles. The van der Waals surface area contributed by atoms with Crippen LogP contribution in [0.2, 0.25) is 0 Å². The lowest BCUT2D eigenvalue weighted by Crippen LogP contribution is -2.47. The maximum absolute atomic E-state index is 4.45. The van der Waals surface area contributed by atoms with Gasteiger partial charge in [-0.3, -0.25) is 9.89 Å². The van der Waals surface area contributed by atoms with E-state index < -0.39 is 0 Å². The van der Waals surface area contributed by atoms with Crippen LogP contribution in [0.5, 0.6) is 0 Å². The van der Waals surface area contributed by atoms with Crippen LogP contribution in [0.1, 0.15) is 42.5 Å². The number of nitrogens with zero attached hydrogens (tertiary/aromatic N) is 2. The first-order valence-corrected chi connectivity index (χ1v) is 11.5. The van der Waals surface area contributed by atoms with Gasteiger partial charge in [0.1, 0.15) is 0 Å². The first-order valence-electron chi connectivity index (χ1n) is 9.73. The number of hydrogen-bond acceptors (Lipinski definition) is 4. The molecule has 148 valence electrons. The Morgan fingerprint density at radius 1 is 1.22 bits per heavy atom. The Labute approximate surface area is 171 Å². The average molecular weight is 405 g/mol. The predicted octanol–water partition coefficient (Wildman–Crippen LogP) is 4.34. The van der Waals surface area contributed by atoms with Crippen LogP contribution in [0.4, 0.5) is 0 Å². The van der Waals surface area contributed by atoms with Crippen molar-refractivity contribution in [3.63, 3.8) is 0 Å². The maximum Gasteiger partial charge on any atom is 0.191 e. The van der Waals surface area contributed by atoms with E-state index in [9.17, 15) is 0 Å². The van der Waals surface area contributed by atoms with Gasteiger partial charge in [0.2, 0.25) is 0 Å². The molecule has 6 heteroatoms. The van der Waals surface area contributed by atoms with Crippen molar-refractivity contribution in [2.24, 2.45) is 10.9 Å². The number of piperidine rings is 1. The molecule has 2 aromatic rings. The summed E-state index contributed by atoms with van der Waals surface area (Å²) in [5.41, 5.74) is 0.0936. The van der Waals surface area contributed by atoms with Crippen molar-refractivity contribution in [3.8, 4) is 0 Å². The van der Waals surface area contributed by atoms with E-state index in [-0.39, 0.29) is 5.41 Å². The normalized spacial score (nSPS) is 22.0. The van der Waals surface area contributed by atoms with Crippen molar-refractivity contribution in [2.75, 3.05) is 33.7 Å². The van der Waals surface area contributed by atoms with E-state index in [0.29, 0.717) is 12.0 Å². The number of nitrogens with one attached hydrogen (secondary N) is 2. The molecule has 0 spiro atoms. The van der Waals surface area contributed by atoms with Gasteiger partial charge >= 0.3 is 0 Å².